The molecule has 0 fully saturated rings. The molecule has 0 unspecified atom stereocenters. The minimum Gasteiger partial charge on any atom is -0.207 e. The summed E-state index contributed by atoms with van der Waals surface area (Å²) in [6.07, 6.45) is 3.59. The Morgan fingerprint density at radius 2 is 1.34 bits per heavy atom. The third-order valence-corrected chi connectivity index (χ3v) is 6.50. The number of hydrogen-bond donors (Lipinski definition) is 0. The Balaban J connectivity index is 2.26. The van der Waals surface area contributed by atoms with Crippen molar-refractivity contribution >= 4 is 34.1 Å². The highest BCUT2D eigenvalue weighted by Gasteiger charge is 2.30. The average Bonchev–Trinajstić information content (AvgIpc) is 2.70. The molecule has 0 aliphatic rings. The van der Waals surface area contributed by atoms with E-state index in [0.29, 0.717) is 5.02 Å². The molecule has 152 valence electrons. The Hall–Kier alpha value is -2.13. The van der Waals surface area contributed by atoms with E-state index in [1.807, 2.05) is 31.2 Å². The molecule has 0 heterocycles. The summed E-state index contributed by atoms with van der Waals surface area (Å²) in [7, 11) is 0. The fourth-order valence-electron chi connectivity index (χ4n) is 4.50. The first-order chi connectivity index (χ1) is 14.0. The van der Waals surface area contributed by atoms with Crippen molar-refractivity contribution in [1.29, 1.82) is 0 Å². The van der Waals surface area contributed by atoms with E-state index in [0.717, 1.165) is 54.0 Å². The van der Waals surface area contributed by atoms with Gasteiger partial charge < -0.3 is 0 Å². The second kappa shape index (κ2) is 9.58. The van der Waals surface area contributed by atoms with Gasteiger partial charge in [-0.2, -0.15) is 22.7 Å². The molecule has 0 nitrogen and oxygen atoms in total. The molecule has 0 aliphatic heterocycles. The van der Waals surface area contributed by atoms with Gasteiger partial charge >= 0.3 is 0 Å². The zero-order chi connectivity index (χ0) is 20.9. The van der Waals surface area contributed by atoms with Crippen LogP contribution in [-0.4, -0.2) is 6.15 Å². The lowest BCUT2D eigenvalue weighted by Crippen LogP contribution is -2.67. The lowest BCUT2D eigenvalue weighted by Gasteiger charge is -2.43. The zero-order valence-corrected chi connectivity index (χ0v) is 17.9. The minimum absolute atomic E-state index is 0.281. The minimum atomic E-state index is -1.56. The molecule has 4 heteroatoms. The molecule has 0 aliphatic carbocycles. The summed E-state index contributed by atoms with van der Waals surface area (Å²) in [5.41, 5.74) is 3.77. The first-order valence-electron chi connectivity index (χ1n) is 10.4. The molecule has 0 bridgehead atoms. The van der Waals surface area contributed by atoms with Gasteiger partial charge in [-0.3, -0.25) is 0 Å². The highest BCUT2D eigenvalue weighted by atomic mass is 35.5. The largest absolute Gasteiger partial charge is 0.207 e. The van der Waals surface area contributed by atoms with Crippen LogP contribution in [0, 0.1) is 18.6 Å². The van der Waals surface area contributed by atoms with Gasteiger partial charge in [-0.1, -0.05) is 98.8 Å². The summed E-state index contributed by atoms with van der Waals surface area (Å²) < 4.78 is 28.6. The lowest BCUT2D eigenvalue weighted by atomic mass is 9.14. The van der Waals surface area contributed by atoms with E-state index in [2.05, 4.69) is 13.0 Å². The van der Waals surface area contributed by atoms with Crippen molar-refractivity contribution in [2.75, 3.05) is 0 Å². The first-order valence-corrected chi connectivity index (χ1v) is 10.8. The van der Waals surface area contributed by atoms with Gasteiger partial charge in [0.15, 0.2) is 0 Å². The maximum Gasteiger partial charge on any atom is 0.120 e. The molecule has 3 rings (SSSR count). The molecule has 0 amide bonds. The summed E-state index contributed by atoms with van der Waals surface area (Å²) in [4.78, 5) is 0. The first kappa shape index (κ1) is 21.6. The standard InChI is InChI=1S/C25H27BClF2/c1-3-4-5-6-15-26(20-9-7-11-23(28)16-20,21-10-8-12-24(29)17-21)22-14-13-19(2)25(27)18-22/h7-14,16-18H,3-6,15H2,1-2H3/q-1. The van der Waals surface area contributed by atoms with Crippen LogP contribution in [-0.2, 0) is 0 Å². The van der Waals surface area contributed by atoms with Crippen LogP contribution in [0.1, 0.15) is 38.2 Å². The normalized spacial score (nSPS) is 11.6. The number of halogens is 3. The Kier molecular flexibility index (Phi) is 7.13. The van der Waals surface area contributed by atoms with Crippen LogP contribution in [0.2, 0.25) is 11.3 Å². The average molecular weight is 412 g/mol. The molecule has 3 aromatic carbocycles. The molecule has 0 radical (unpaired) electrons. The molecule has 0 N–H and O–H groups in total. The van der Waals surface area contributed by atoms with Crippen LogP contribution >= 0.6 is 11.6 Å². The number of unbranched alkanes of at least 4 members (excludes halogenated alkanes) is 3. The van der Waals surface area contributed by atoms with Gasteiger partial charge in [0.05, 0.1) is 6.15 Å². The quantitative estimate of drug-likeness (QED) is 0.316. The second-order valence-electron chi connectivity index (χ2n) is 8.01. The van der Waals surface area contributed by atoms with Crippen LogP contribution < -0.4 is 16.4 Å². The van der Waals surface area contributed by atoms with Crippen molar-refractivity contribution in [3.05, 3.63) is 89.0 Å². The topological polar surface area (TPSA) is 0 Å². The number of aryl methyl sites for hydroxylation is 1. The van der Waals surface area contributed by atoms with Gasteiger partial charge in [0.1, 0.15) is 11.6 Å². The van der Waals surface area contributed by atoms with E-state index in [1.165, 1.54) is 12.1 Å². The third-order valence-electron chi connectivity index (χ3n) is 6.09. The lowest BCUT2D eigenvalue weighted by molar-refractivity contribution is 0.628. The van der Waals surface area contributed by atoms with Crippen molar-refractivity contribution < 1.29 is 8.78 Å². The summed E-state index contributed by atoms with van der Waals surface area (Å²) in [6.45, 7) is 4.14. The fourth-order valence-corrected chi connectivity index (χ4v) is 4.69. The van der Waals surface area contributed by atoms with Gasteiger partial charge in [0.2, 0.25) is 0 Å². The monoisotopic (exact) mass is 411 g/mol. The Bertz CT molecular complexity index is 925. The van der Waals surface area contributed by atoms with E-state index in [1.54, 1.807) is 24.3 Å². The van der Waals surface area contributed by atoms with Crippen LogP contribution in [0.15, 0.2) is 66.7 Å². The predicted molar refractivity (Wildman–Crippen MR) is 123 cm³/mol. The van der Waals surface area contributed by atoms with Crippen LogP contribution in [0.3, 0.4) is 0 Å². The van der Waals surface area contributed by atoms with Gasteiger partial charge in [-0.05, 0) is 24.6 Å². The molecule has 29 heavy (non-hydrogen) atoms. The molecular formula is C25H27BClF2-. The second-order valence-corrected chi connectivity index (χ2v) is 8.42. The summed E-state index contributed by atoms with van der Waals surface area (Å²) in [5.74, 6) is -0.561. The molecular weight excluding hydrogens is 385 g/mol. The van der Waals surface area contributed by atoms with Crippen LogP contribution in [0.5, 0.6) is 0 Å². The van der Waals surface area contributed by atoms with Crippen molar-refractivity contribution in [3.63, 3.8) is 0 Å². The van der Waals surface area contributed by atoms with Crippen molar-refractivity contribution in [2.45, 2.75) is 45.9 Å². The summed E-state index contributed by atoms with van der Waals surface area (Å²) in [6, 6.07) is 19.5. The molecule has 0 saturated carbocycles. The smallest absolute Gasteiger partial charge is 0.120 e. The molecule has 0 aromatic heterocycles. The molecule has 0 spiro atoms. The maximum absolute atomic E-state index is 14.3. The zero-order valence-electron chi connectivity index (χ0n) is 17.1. The highest BCUT2D eigenvalue weighted by molar-refractivity contribution is 7.11. The van der Waals surface area contributed by atoms with Crippen LogP contribution in [0.4, 0.5) is 8.78 Å². The number of hydrogen-bond acceptors (Lipinski definition) is 0. The van der Waals surface area contributed by atoms with E-state index >= 15 is 0 Å². The van der Waals surface area contributed by atoms with E-state index < -0.39 is 6.15 Å². The molecule has 3 aromatic rings. The predicted octanol–water partition coefficient (Wildman–Crippen LogP) is 5.98. The summed E-state index contributed by atoms with van der Waals surface area (Å²) >= 11 is 6.50. The highest BCUT2D eigenvalue weighted by Crippen LogP contribution is 2.21. The van der Waals surface area contributed by atoms with Crippen molar-refractivity contribution in [2.24, 2.45) is 0 Å². The Morgan fingerprint density at radius 3 is 1.86 bits per heavy atom. The van der Waals surface area contributed by atoms with Gasteiger partial charge in [-0.25, -0.2) is 8.78 Å². The molecule has 0 saturated heterocycles. The van der Waals surface area contributed by atoms with E-state index in [9.17, 15) is 8.78 Å². The Morgan fingerprint density at radius 1 is 0.759 bits per heavy atom. The fraction of sp³-hybridized carbons (Fsp3) is 0.280. The van der Waals surface area contributed by atoms with Gasteiger partial charge in [0, 0.05) is 5.02 Å². The third kappa shape index (κ3) is 4.72. The van der Waals surface area contributed by atoms with E-state index in [4.69, 9.17) is 11.6 Å². The Labute approximate surface area is 177 Å². The number of rotatable bonds is 8. The van der Waals surface area contributed by atoms with Gasteiger partial charge in [-0.15, -0.1) is 0 Å². The van der Waals surface area contributed by atoms with Crippen LogP contribution in [0.25, 0.3) is 0 Å². The van der Waals surface area contributed by atoms with Crippen molar-refractivity contribution in [3.8, 4) is 0 Å². The van der Waals surface area contributed by atoms with Gasteiger partial charge in [0.25, 0.3) is 0 Å². The molecule has 0 atom stereocenters. The number of benzene rings is 3. The van der Waals surface area contributed by atoms with E-state index in [-0.39, 0.29) is 11.6 Å². The van der Waals surface area contributed by atoms with Crippen molar-refractivity contribution in [1.82, 2.24) is 0 Å². The maximum atomic E-state index is 14.3. The summed E-state index contributed by atoms with van der Waals surface area (Å²) in [5, 5.41) is 0.676. The SMILES string of the molecule is CCCCCC[B-](c1cccc(F)c1)(c1cccc(F)c1)c1ccc(C)c(Cl)c1.